The fourth-order valence-corrected chi connectivity index (χ4v) is 6.85. The number of nitrogens with one attached hydrogen (secondary N) is 1. The second-order valence-electron chi connectivity index (χ2n) is 11.3. The predicted molar refractivity (Wildman–Crippen MR) is 149 cm³/mol. The van der Waals surface area contributed by atoms with Crippen LogP contribution in [0.2, 0.25) is 0 Å². The molecule has 1 saturated carbocycles. The zero-order valence-electron chi connectivity index (χ0n) is 21.9. The highest BCUT2D eigenvalue weighted by Gasteiger charge is 2.66. The van der Waals surface area contributed by atoms with Gasteiger partial charge in [-0.1, -0.05) is 36.4 Å². The summed E-state index contributed by atoms with van der Waals surface area (Å²) >= 11 is 0. The molecule has 2 aliphatic rings. The Labute approximate surface area is 225 Å². The fraction of sp³-hybridized carbons (Fsp3) is 0.333. The summed E-state index contributed by atoms with van der Waals surface area (Å²) in [6.45, 7) is 5.51. The average Bonchev–Trinajstić information content (AvgIpc) is 3.40. The number of aliphatic hydroxyl groups is 1. The molecule has 3 atom stereocenters. The van der Waals surface area contributed by atoms with E-state index >= 15 is 0 Å². The van der Waals surface area contributed by atoms with Gasteiger partial charge in [0, 0.05) is 47.8 Å². The molecule has 0 spiro atoms. The number of pyridine rings is 1. The molecule has 3 aromatic heterocycles. The summed E-state index contributed by atoms with van der Waals surface area (Å²) in [5.74, 6) is 1.23. The lowest BCUT2D eigenvalue weighted by Gasteiger charge is -2.26. The molecule has 0 amide bonds. The van der Waals surface area contributed by atoms with Gasteiger partial charge in [0.1, 0.15) is 17.2 Å². The smallest absolute Gasteiger partial charge is 0.202 e. The molecule has 5 aromatic rings. The number of piperidine rings is 1. The predicted octanol–water partition coefficient (Wildman–Crippen LogP) is 4.29. The second kappa shape index (κ2) is 8.53. The van der Waals surface area contributed by atoms with E-state index in [-0.39, 0.29) is 17.2 Å². The van der Waals surface area contributed by atoms with E-state index in [1.807, 2.05) is 36.4 Å². The van der Waals surface area contributed by atoms with Crippen LogP contribution in [0.1, 0.15) is 31.4 Å². The van der Waals surface area contributed by atoms with Gasteiger partial charge in [-0.25, -0.2) is 14.4 Å². The van der Waals surface area contributed by atoms with E-state index in [4.69, 9.17) is 15.7 Å². The van der Waals surface area contributed by atoms with Crippen molar-refractivity contribution in [2.45, 2.75) is 31.3 Å². The molecule has 1 saturated heterocycles. The van der Waals surface area contributed by atoms with Crippen LogP contribution in [0.5, 0.6) is 0 Å². The van der Waals surface area contributed by atoms with Gasteiger partial charge >= 0.3 is 0 Å². The van der Waals surface area contributed by atoms with Crippen LogP contribution in [0.4, 0.5) is 10.2 Å². The highest BCUT2D eigenvalue weighted by atomic mass is 19.1. The number of aromatic amines is 1. The molecule has 39 heavy (non-hydrogen) atoms. The first-order chi connectivity index (χ1) is 18.8. The van der Waals surface area contributed by atoms with Gasteiger partial charge in [0.05, 0.1) is 23.0 Å². The van der Waals surface area contributed by atoms with Crippen molar-refractivity contribution in [1.82, 2.24) is 25.1 Å². The molecule has 9 heteroatoms. The van der Waals surface area contributed by atoms with Gasteiger partial charge in [-0.3, -0.25) is 10.1 Å². The van der Waals surface area contributed by atoms with Crippen molar-refractivity contribution in [2.24, 2.45) is 17.6 Å². The molecule has 4 N–H and O–H groups in total. The summed E-state index contributed by atoms with van der Waals surface area (Å²) in [5.41, 5.74) is 10.0. The van der Waals surface area contributed by atoms with Gasteiger partial charge in [0.15, 0.2) is 0 Å². The molecule has 4 heterocycles. The number of aromatic nitrogens is 5. The zero-order chi connectivity index (χ0) is 26.9. The number of hydrogen-bond acceptors (Lipinski definition) is 7. The van der Waals surface area contributed by atoms with Crippen molar-refractivity contribution < 1.29 is 9.50 Å². The van der Waals surface area contributed by atoms with E-state index in [1.165, 1.54) is 6.07 Å². The molecule has 1 aliphatic heterocycles. The monoisotopic (exact) mass is 523 g/mol. The Balaban J connectivity index is 1.21. The van der Waals surface area contributed by atoms with Crippen LogP contribution in [-0.2, 0) is 11.0 Å². The number of hydrogen-bond donors (Lipinski definition) is 3. The van der Waals surface area contributed by atoms with E-state index in [2.05, 4.69) is 20.1 Å². The Kier molecular flexibility index (Phi) is 5.27. The fourth-order valence-electron chi connectivity index (χ4n) is 6.85. The molecule has 0 unspecified atom stereocenters. The van der Waals surface area contributed by atoms with E-state index in [0.29, 0.717) is 23.6 Å². The molecular weight excluding hydrogens is 493 g/mol. The number of nitrogens with two attached hydrogens (primary N) is 1. The number of fused-ring (bicyclic) bond motifs is 3. The SMILES string of the molecule is CC(C)(O)c1ccc(-c2[nH]nc3nc(N4CC[C@@H]5[C@H](C4)[C@@]5(CN)c4ccccc4F)cnc23)c2cccnc12. The zero-order valence-corrected chi connectivity index (χ0v) is 21.9. The van der Waals surface area contributed by atoms with Crippen molar-refractivity contribution >= 4 is 27.9 Å². The largest absolute Gasteiger partial charge is 0.386 e. The van der Waals surface area contributed by atoms with Crippen molar-refractivity contribution in [3.05, 3.63) is 77.9 Å². The Morgan fingerprint density at radius 3 is 2.74 bits per heavy atom. The minimum absolute atomic E-state index is 0.174. The highest BCUT2D eigenvalue weighted by molar-refractivity contribution is 6.01. The third-order valence-corrected chi connectivity index (χ3v) is 8.81. The first-order valence-electron chi connectivity index (χ1n) is 13.3. The van der Waals surface area contributed by atoms with Crippen molar-refractivity contribution in [3.8, 4) is 11.3 Å². The van der Waals surface area contributed by atoms with Gasteiger partial charge < -0.3 is 15.7 Å². The van der Waals surface area contributed by atoms with Crippen LogP contribution in [0.15, 0.2) is 60.9 Å². The Hall–Kier alpha value is -3.95. The maximum atomic E-state index is 14.7. The molecule has 7 rings (SSSR count). The van der Waals surface area contributed by atoms with E-state index < -0.39 is 5.60 Å². The van der Waals surface area contributed by atoms with Crippen molar-refractivity contribution in [3.63, 3.8) is 0 Å². The summed E-state index contributed by atoms with van der Waals surface area (Å²) in [6, 6.07) is 14.8. The highest BCUT2D eigenvalue weighted by Crippen LogP contribution is 2.63. The summed E-state index contributed by atoms with van der Waals surface area (Å²) < 4.78 is 14.7. The van der Waals surface area contributed by atoms with Gasteiger partial charge in [0.2, 0.25) is 5.65 Å². The van der Waals surface area contributed by atoms with Gasteiger partial charge in [0.25, 0.3) is 0 Å². The number of rotatable bonds is 5. The molecule has 1 aliphatic carbocycles. The van der Waals surface area contributed by atoms with Crippen LogP contribution < -0.4 is 10.6 Å². The third kappa shape index (κ3) is 3.57. The maximum Gasteiger partial charge on any atom is 0.202 e. The Bertz CT molecular complexity index is 1730. The third-order valence-electron chi connectivity index (χ3n) is 8.81. The topological polar surface area (TPSA) is 117 Å². The average molecular weight is 524 g/mol. The molecule has 0 bridgehead atoms. The summed E-state index contributed by atoms with van der Waals surface area (Å²) in [6.07, 6.45) is 4.45. The van der Waals surface area contributed by atoms with Crippen LogP contribution in [0.25, 0.3) is 33.3 Å². The number of anilines is 1. The number of H-pyrrole nitrogens is 1. The molecule has 2 fully saturated rings. The first kappa shape index (κ1) is 24.1. The summed E-state index contributed by atoms with van der Waals surface area (Å²) in [7, 11) is 0. The lowest BCUT2D eigenvalue weighted by Crippen LogP contribution is -2.32. The molecular formula is C30H30FN7O. The molecule has 8 nitrogen and oxygen atoms in total. The maximum absolute atomic E-state index is 14.7. The standard InChI is InChI=1S/C30H30FN7O/c1-29(2,39)21-10-9-18(17-6-5-12-33-25(17)21)26-27-28(37-36-26)35-24(14-34-27)38-13-11-19-22(15-38)30(19,16-32)20-7-3-4-8-23(20)31/h3-10,12,14,19,22,39H,11,13,15-16,32H2,1-2H3,(H,35,36,37)/t19-,22+,30-/m1/s1. The Morgan fingerprint density at radius 2 is 1.95 bits per heavy atom. The lowest BCUT2D eigenvalue weighted by atomic mass is 9.91. The first-order valence-corrected chi connectivity index (χ1v) is 13.3. The summed E-state index contributed by atoms with van der Waals surface area (Å²) in [5, 5.41) is 19.2. The van der Waals surface area contributed by atoms with E-state index in [0.717, 1.165) is 58.6 Å². The van der Waals surface area contributed by atoms with Crippen LogP contribution in [0, 0.1) is 17.7 Å². The molecule has 2 aromatic carbocycles. The quantitative estimate of drug-likeness (QED) is 0.315. The minimum atomic E-state index is -1.03. The lowest BCUT2D eigenvalue weighted by molar-refractivity contribution is 0.0800. The number of benzene rings is 2. The van der Waals surface area contributed by atoms with Gasteiger partial charge in [-0.15, -0.1) is 0 Å². The summed E-state index contributed by atoms with van der Waals surface area (Å²) in [4.78, 5) is 16.4. The minimum Gasteiger partial charge on any atom is -0.386 e. The number of halogens is 1. The van der Waals surface area contributed by atoms with Crippen LogP contribution in [-0.4, -0.2) is 49.9 Å². The Morgan fingerprint density at radius 1 is 1.10 bits per heavy atom. The van der Waals surface area contributed by atoms with Crippen LogP contribution >= 0.6 is 0 Å². The molecule has 198 valence electrons. The normalized spacial score (nSPS) is 22.8. The van der Waals surface area contributed by atoms with Crippen molar-refractivity contribution in [2.75, 3.05) is 24.5 Å². The van der Waals surface area contributed by atoms with E-state index in [1.54, 1.807) is 32.3 Å². The number of nitrogens with zero attached hydrogens (tertiary/aromatic N) is 5. The van der Waals surface area contributed by atoms with Crippen LogP contribution in [0.3, 0.4) is 0 Å². The second-order valence-corrected chi connectivity index (χ2v) is 11.3. The van der Waals surface area contributed by atoms with Gasteiger partial charge in [-0.2, -0.15) is 5.10 Å². The van der Waals surface area contributed by atoms with Crippen molar-refractivity contribution in [1.29, 1.82) is 0 Å². The van der Waals surface area contributed by atoms with Gasteiger partial charge in [-0.05, 0) is 49.8 Å². The van der Waals surface area contributed by atoms with E-state index in [9.17, 15) is 9.50 Å². The molecule has 0 radical (unpaired) electrons.